The van der Waals surface area contributed by atoms with Gasteiger partial charge in [0.15, 0.2) is 0 Å². The summed E-state index contributed by atoms with van der Waals surface area (Å²) in [6.07, 6.45) is 0.162. The van der Waals surface area contributed by atoms with Gasteiger partial charge in [0.1, 0.15) is 0 Å². The summed E-state index contributed by atoms with van der Waals surface area (Å²) in [7, 11) is 0. The van der Waals surface area contributed by atoms with Crippen LogP contribution in [0, 0.1) is 0 Å². The highest BCUT2D eigenvalue weighted by atomic mass is 16.5. The highest BCUT2D eigenvalue weighted by Gasteiger charge is 2.30. The van der Waals surface area contributed by atoms with Crippen molar-refractivity contribution in [2.24, 2.45) is 0 Å². The van der Waals surface area contributed by atoms with Crippen LogP contribution in [0.4, 0.5) is 4.79 Å². The Kier molecular flexibility index (Phi) is 2.87. The van der Waals surface area contributed by atoms with Gasteiger partial charge in [0.25, 0.3) is 0 Å². The third-order valence-corrected chi connectivity index (χ3v) is 2.47. The van der Waals surface area contributed by atoms with Crippen LogP contribution in [-0.4, -0.2) is 33.7 Å². The Labute approximate surface area is 92.8 Å². The molecule has 3 amide bonds. The Morgan fingerprint density at radius 3 is 2.56 bits per heavy atom. The largest absolute Gasteiger partial charge is 0.350 e. The van der Waals surface area contributed by atoms with Gasteiger partial charge in [-0.05, 0) is 5.56 Å². The number of carbonyl (C=O) groups excluding carboxylic acids is 2. The Hall–Kier alpha value is -1.88. The lowest BCUT2D eigenvalue weighted by Crippen LogP contribution is -2.50. The van der Waals surface area contributed by atoms with Crippen LogP contribution >= 0.6 is 0 Å². The SMILES string of the molecule is O=C1CCN(O)C(=O)N1Cc1ccccc1. The minimum Gasteiger partial charge on any atom is -0.284 e. The average molecular weight is 220 g/mol. The normalized spacial score (nSPS) is 16.8. The van der Waals surface area contributed by atoms with Gasteiger partial charge in [0.2, 0.25) is 5.91 Å². The van der Waals surface area contributed by atoms with E-state index >= 15 is 0 Å². The van der Waals surface area contributed by atoms with E-state index in [1.54, 1.807) is 0 Å². The second kappa shape index (κ2) is 4.32. The number of urea groups is 1. The van der Waals surface area contributed by atoms with Crippen molar-refractivity contribution in [1.82, 2.24) is 9.96 Å². The molecule has 16 heavy (non-hydrogen) atoms. The Morgan fingerprint density at radius 2 is 1.88 bits per heavy atom. The third kappa shape index (κ3) is 2.04. The number of hydrogen-bond acceptors (Lipinski definition) is 3. The molecule has 1 N–H and O–H groups in total. The lowest BCUT2D eigenvalue weighted by molar-refractivity contribution is -0.141. The van der Waals surface area contributed by atoms with E-state index in [0.29, 0.717) is 5.06 Å². The summed E-state index contributed by atoms with van der Waals surface area (Å²) in [4.78, 5) is 24.1. The first kappa shape index (κ1) is 10.6. The van der Waals surface area contributed by atoms with E-state index in [1.807, 2.05) is 30.3 Å². The van der Waals surface area contributed by atoms with Crippen LogP contribution < -0.4 is 0 Å². The van der Waals surface area contributed by atoms with E-state index in [9.17, 15) is 14.8 Å². The van der Waals surface area contributed by atoms with Crippen molar-refractivity contribution in [3.63, 3.8) is 0 Å². The summed E-state index contributed by atoms with van der Waals surface area (Å²) < 4.78 is 0. The molecule has 1 aromatic rings. The predicted octanol–water partition coefficient (Wildman–Crippen LogP) is 1.23. The molecule has 1 fully saturated rings. The third-order valence-electron chi connectivity index (χ3n) is 2.47. The lowest BCUT2D eigenvalue weighted by Gasteiger charge is -2.29. The number of hydrogen-bond donors (Lipinski definition) is 1. The van der Waals surface area contributed by atoms with Gasteiger partial charge in [-0.15, -0.1) is 0 Å². The van der Waals surface area contributed by atoms with Crippen molar-refractivity contribution in [2.45, 2.75) is 13.0 Å². The molecular formula is C11H12N2O3. The second-order valence-electron chi connectivity index (χ2n) is 3.62. The molecule has 0 radical (unpaired) electrons. The number of imide groups is 1. The number of amides is 3. The van der Waals surface area contributed by atoms with Crippen molar-refractivity contribution < 1.29 is 14.8 Å². The standard InChI is InChI=1S/C11H12N2O3/c14-10-6-7-13(16)11(15)12(10)8-9-4-2-1-3-5-9/h1-5,16H,6-8H2. The summed E-state index contributed by atoms with van der Waals surface area (Å²) in [6.45, 7) is 0.276. The molecule has 5 nitrogen and oxygen atoms in total. The van der Waals surface area contributed by atoms with Crippen molar-refractivity contribution in [2.75, 3.05) is 6.54 Å². The minimum atomic E-state index is -0.653. The summed E-state index contributed by atoms with van der Waals surface area (Å²) in [5.74, 6) is -0.251. The van der Waals surface area contributed by atoms with E-state index in [2.05, 4.69) is 0 Å². The number of carbonyl (C=O) groups is 2. The average Bonchev–Trinajstić information content (AvgIpc) is 2.31. The Bertz CT molecular complexity index is 405. The Morgan fingerprint density at radius 1 is 1.19 bits per heavy atom. The molecule has 1 saturated heterocycles. The van der Waals surface area contributed by atoms with E-state index in [-0.39, 0.29) is 25.4 Å². The lowest BCUT2D eigenvalue weighted by atomic mass is 10.2. The van der Waals surface area contributed by atoms with Gasteiger partial charge >= 0.3 is 6.03 Å². The maximum Gasteiger partial charge on any atom is 0.350 e. The highest BCUT2D eigenvalue weighted by Crippen LogP contribution is 2.12. The van der Waals surface area contributed by atoms with Crippen LogP contribution in [0.3, 0.4) is 0 Å². The first-order chi connectivity index (χ1) is 7.68. The number of rotatable bonds is 2. The molecule has 1 aliphatic heterocycles. The van der Waals surface area contributed by atoms with Gasteiger partial charge in [-0.2, -0.15) is 0 Å². The van der Waals surface area contributed by atoms with Crippen molar-refractivity contribution in [1.29, 1.82) is 0 Å². The molecule has 84 valence electrons. The fraction of sp³-hybridized carbons (Fsp3) is 0.273. The molecule has 0 saturated carbocycles. The van der Waals surface area contributed by atoms with Gasteiger partial charge < -0.3 is 0 Å². The smallest absolute Gasteiger partial charge is 0.284 e. The monoisotopic (exact) mass is 220 g/mol. The van der Waals surface area contributed by atoms with E-state index < -0.39 is 6.03 Å². The van der Waals surface area contributed by atoms with E-state index in [4.69, 9.17) is 0 Å². The molecule has 1 aliphatic rings. The number of hydroxylamine groups is 2. The van der Waals surface area contributed by atoms with Crippen LogP contribution in [0.25, 0.3) is 0 Å². The van der Waals surface area contributed by atoms with Gasteiger partial charge in [-0.1, -0.05) is 30.3 Å². The van der Waals surface area contributed by atoms with Crippen LogP contribution in [0.1, 0.15) is 12.0 Å². The zero-order chi connectivity index (χ0) is 11.5. The van der Waals surface area contributed by atoms with E-state index in [0.717, 1.165) is 10.5 Å². The summed E-state index contributed by atoms with van der Waals surface area (Å²) in [6, 6.07) is 8.55. The molecule has 1 aromatic carbocycles. The highest BCUT2D eigenvalue weighted by molar-refractivity contribution is 5.96. The molecule has 0 unspecified atom stereocenters. The molecule has 0 atom stereocenters. The fourth-order valence-corrected chi connectivity index (χ4v) is 1.60. The first-order valence-electron chi connectivity index (χ1n) is 5.03. The summed E-state index contributed by atoms with van der Waals surface area (Å²) >= 11 is 0. The van der Waals surface area contributed by atoms with Gasteiger partial charge in [-0.25, -0.2) is 9.86 Å². The Balaban J connectivity index is 2.13. The molecule has 0 spiro atoms. The molecule has 2 rings (SSSR count). The maximum absolute atomic E-state index is 11.5. The van der Waals surface area contributed by atoms with Crippen LogP contribution in [-0.2, 0) is 11.3 Å². The number of nitrogens with zero attached hydrogens (tertiary/aromatic N) is 2. The van der Waals surface area contributed by atoms with Gasteiger partial charge in [-0.3, -0.25) is 14.9 Å². The quantitative estimate of drug-likeness (QED) is 0.762. The fourth-order valence-electron chi connectivity index (χ4n) is 1.60. The van der Waals surface area contributed by atoms with Crippen LogP contribution in [0.5, 0.6) is 0 Å². The molecule has 0 aliphatic carbocycles. The van der Waals surface area contributed by atoms with Crippen molar-refractivity contribution in [3.8, 4) is 0 Å². The number of benzene rings is 1. The van der Waals surface area contributed by atoms with Crippen LogP contribution in [0.2, 0.25) is 0 Å². The van der Waals surface area contributed by atoms with E-state index in [1.165, 1.54) is 0 Å². The second-order valence-corrected chi connectivity index (χ2v) is 3.62. The van der Waals surface area contributed by atoms with Gasteiger partial charge in [0, 0.05) is 6.42 Å². The summed E-state index contributed by atoms with van der Waals surface area (Å²) in [5, 5.41) is 9.81. The molecular weight excluding hydrogens is 208 g/mol. The zero-order valence-electron chi connectivity index (χ0n) is 8.67. The van der Waals surface area contributed by atoms with Crippen molar-refractivity contribution in [3.05, 3.63) is 35.9 Å². The molecule has 5 heteroatoms. The molecule has 0 aromatic heterocycles. The maximum atomic E-state index is 11.5. The predicted molar refractivity (Wildman–Crippen MR) is 55.5 cm³/mol. The molecule has 0 bridgehead atoms. The van der Waals surface area contributed by atoms with Crippen LogP contribution in [0.15, 0.2) is 30.3 Å². The minimum absolute atomic E-state index is 0.0724. The zero-order valence-corrected chi connectivity index (χ0v) is 8.67. The van der Waals surface area contributed by atoms with Crippen molar-refractivity contribution >= 4 is 11.9 Å². The topological polar surface area (TPSA) is 60.9 Å². The summed E-state index contributed by atoms with van der Waals surface area (Å²) in [5.41, 5.74) is 0.861. The first-order valence-corrected chi connectivity index (χ1v) is 5.03. The van der Waals surface area contributed by atoms with Gasteiger partial charge in [0.05, 0.1) is 13.1 Å². The molecule has 1 heterocycles.